The van der Waals surface area contributed by atoms with Crippen molar-refractivity contribution in [3.8, 4) is 0 Å². The average molecular weight is 333 g/mol. The number of benzene rings is 1. The molecular weight excluding hydrogens is 318 g/mol. The fourth-order valence-corrected chi connectivity index (χ4v) is 2.65. The third-order valence-electron chi connectivity index (χ3n) is 3.69. The van der Waals surface area contributed by atoms with Gasteiger partial charge in [-0.05, 0) is 40.5 Å². The Morgan fingerprint density at radius 3 is 2.78 bits per heavy atom. The molecule has 2 unspecified atom stereocenters. The van der Waals surface area contributed by atoms with E-state index in [4.69, 9.17) is 11.6 Å². The first-order chi connectivity index (χ1) is 8.32. The molecule has 5 heteroatoms. The smallest absolute Gasteiger partial charge is 0.252 e. The van der Waals surface area contributed by atoms with E-state index in [2.05, 4.69) is 21.2 Å². The van der Waals surface area contributed by atoms with Crippen LogP contribution in [0.25, 0.3) is 0 Å². The number of halogens is 2. The van der Waals surface area contributed by atoms with Gasteiger partial charge in [0.25, 0.3) is 5.91 Å². The number of nitrogens with one attached hydrogen (secondary N) is 1. The van der Waals surface area contributed by atoms with Gasteiger partial charge in [-0.1, -0.05) is 25.4 Å². The van der Waals surface area contributed by atoms with Gasteiger partial charge in [-0.25, -0.2) is 0 Å². The molecule has 2 N–H and O–H groups in total. The largest absolute Gasteiger partial charge is 0.392 e. The number of hydrogen-bond acceptors (Lipinski definition) is 2. The number of aliphatic hydroxyl groups is 1. The van der Waals surface area contributed by atoms with Crippen LogP contribution in [0.1, 0.15) is 30.6 Å². The zero-order valence-corrected chi connectivity index (χ0v) is 12.5. The quantitative estimate of drug-likeness (QED) is 0.874. The van der Waals surface area contributed by atoms with Gasteiger partial charge in [-0.2, -0.15) is 0 Å². The van der Waals surface area contributed by atoms with Crippen LogP contribution in [0.5, 0.6) is 0 Å². The van der Waals surface area contributed by atoms with Crippen molar-refractivity contribution in [3.63, 3.8) is 0 Å². The lowest BCUT2D eigenvalue weighted by atomic mass is 9.64. The highest BCUT2D eigenvalue weighted by Crippen LogP contribution is 2.40. The van der Waals surface area contributed by atoms with Gasteiger partial charge in [0.15, 0.2) is 0 Å². The second-order valence-corrected chi connectivity index (χ2v) is 6.51. The van der Waals surface area contributed by atoms with Crippen LogP contribution in [0.3, 0.4) is 0 Å². The van der Waals surface area contributed by atoms with Crippen molar-refractivity contribution >= 4 is 33.4 Å². The summed E-state index contributed by atoms with van der Waals surface area (Å²) in [5.74, 6) is -0.172. The van der Waals surface area contributed by atoms with Crippen LogP contribution >= 0.6 is 27.5 Å². The summed E-state index contributed by atoms with van der Waals surface area (Å²) >= 11 is 9.22. The fourth-order valence-electron chi connectivity index (χ4n) is 2.05. The number of aliphatic hydroxyl groups excluding tert-OH is 1. The zero-order chi connectivity index (χ0) is 13.5. The molecule has 98 valence electrons. The highest BCUT2D eigenvalue weighted by atomic mass is 79.9. The molecule has 1 aliphatic carbocycles. The molecule has 1 aromatic carbocycles. The number of amides is 1. The second-order valence-electron chi connectivity index (χ2n) is 5.22. The van der Waals surface area contributed by atoms with Gasteiger partial charge in [-0.3, -0.25) is 4.79 Å². The summed E-state index contributed by atoms with van der Waals surface area (Å²) in [7, 11) is 0. The van der Waals surface area contributed by atoms with Crippen LogP contribution in [-0.4, -0.2) is 23.2 Å². The van der Waals surface area contributed by atoms with E-state index in [0.29, 0.717) is 21.5 Å². The topological polar surface area (TPSA) is 49.3 Å². The van der Waals surface area contributed by atoms with Crippen molar-refractivity contribution in [2.24, 2.45) is 5.41 Å². The Kier molecular flexibility index (Phi) is 3.72. The van der Waals surface area contributed by atoms with E-state index < -0.39 is 0 Å². The highest BCUT2D eigenvalue weighted by Gasteiger charge is 2.48. The molecule has 1 fully saturated rings. The molecule has 0 radical (unpaired) electrons. The molecule has 1 aliphatic rings. The normalized spacial score (nSPS) is 25.4. The molecule has 2 atom stereocenters. The number of carbonyl (C=O) groups is 1. The predicted molar refractivity (Wildman–Crippen MR) is 74.8 cm³/mol. The first-order valence-electron chi connectivity index (χ1n) is 5.76. The van der Waals surface area contributed by atoms with Crippen LogP contribution in [0.4, 0.5) is 0 Å². The first-order valence-corrected chi connectivity index (χ1v) is 6.93. The van der Waals surface area contributed by atoms with Crippen molar-refractivity contribution < 1.29 is 9.90 Å². The standard InChI is InChI=1S/C13H15BrClNO2/c1-13(2)10(6-11(13)17)16-12(18)8-5-7(15)3-4-9(8)14/h3-5,10-11,17H,6H2,1-2H3,(H,16,18). The van der Waals surface area contributed by atoms with Crippen LogP contribution in [-0.2, 0) is 0 Å². The summed E-state index contributed by atoms with van der Waals surface area (Å²) in [5, 5.41) is 13.1. The summed E-state index contributed by atoms with van der Waals surface area (Å²) in [6.07, 6.45) is 0.238. The Morgan fingerprint density at radius 1 is 1.56 bits per heavy atom. The molecular formula is C13H15BrClNO2. The van der Waals surface area contributed by atoms with Crippen LogP contribution < -0.4 is 5.32 Å². The summed E-state index contributed by atoms with van der Waals surface area (Å²) in [6.45, 7) is 3.89. The molecule has 0 spiro atoms. The van der Waals surface area contributed by atoms with E-state index in [0.717, 1.165) is 0 Å². The van der Waals surface area contributed by atoms with E-state index in [1.54, 1.807) is 18.2 Å². The van der Waals surface area contributed by atoms with E-state index >= 15 is 0 Å². The molecule has 18 heavy (non-hydrogen) atoms. The van der Waals surface area contributed by atoms with Crippen LogP contribution in [0.15, 0.2) is 22.7 Å². The molecule has 0 aliphatic heterocycles. The van der Waals surface area contributed by atoms with Crippen molar-refractivity contribution in [3.05, 3.63) is 33.3 Å². The minimum atomic E-state index is -0.356. The second kappa shape index (κ2) is 4.83. The van der Waals surface area contributed by atoms with Crippen LogP contribution in [0, 0.1) is 5.41 Å². The van der Waals surface area contributed by atoms with Gasteiger partial charge in [0.05, 0.1) is 11.7 Å². The summed E-state index contributed by atoms with van der Waals surface area (Å²) in [6, 6.07) is 5.09. The van der Waals surface area contributed by atoms with Crippen molar-refractivity contribution in [2.75, 3.05) is 0 Å². The van der Waals surface area contributed by atoms with Gasteiger partial charge >= 0.3 is 0 Å². The van der Waals surface area contributed by atoms with Crippen molar-refractivity contribution in [2.45, 2.75) is 32.4 Å². The monoisotopic (exact) mass is 331 g/mol. The third kappa shape index (κ3) is 2.42. The number of carbonyl (C=O) groups excluding carboxylic acids is 1. The predicted octanol–water partition coefficient (Wildman–Crippen LogP) is 2.99. The molecule has 0 heterocycles. The molecule has 0 aromatic heterocycles. The Balaban J connectivity index is 2.12. The van der Waals surface area contributed by atoms with E-state index in [1.165, 1.54) is 0 Å². The third-order valence-corrected chi connectivity index (χ3v) is 4.62. The molecule has 2 rings (SSSR count). The molecule has 3 nitrogen and oxygen atoms in total. The van der Waals surface area contributed by atoms with E-state index in [9.17, 15) is 9.90 Å². The van der Waals surface area contributed by atoms with Gasteiger partial charge < -0.3 is 10.4 Å². The zero-order valence-electron chi connectivity index (χ0n) is 10.2. The maximum Gasteiger partial charge on any atom is 0.252 e. The van der Waals surface area contributed by atoms with E-state index in [1.807, 2.05) is 13.8 Å². The van der Waals surface area contributed by atoms with Crippen molar-refractivity contribution in [1.82, 2.24) is 5.32 Å². The Morgan fingerprint density at radius 2 is 2.22 bits per heavy atom. The minimum Gasteiger partial charge on any atom is -0.392 e. The van der Waals surface area contributed by atoms with E-state index in [-0.39, 0.29) is 23.5 Å². The molecule has 0 saturated heterocycles. The summed E-state index contributed by atoms with van der Waals surface area (Å²) in [5.41, 5.74) is 0.237. The van der Waals surface area contributed by atoms with Gasteiger partial charge in [0.2, 0.25) is 0 Å². The summed E-state index contributed by atoms with van der Waals surface area (Å²) in [4.78, 5) is 12.1. The lowest BCUT2D eigenvalue weighted by Crippen LogP contribution is -2.61. The summed E-state index contributed by atoms with van der Waals surface area (Å²) < 4.78 is 0.710. The Labute approximate surface area is 120 Å². The van der Waals surface area contributed by atoms with Crippen LogP contribution in [0.2, 0.25) is 5.02 Å². The molecule has 0 bridgehead atoms. The van der Waals surface area contributed by atoms with Gasteiger partial charge in [0, 0.05) is 21.0 Å². The lowest BCUT2D eigenvalue weighted by Gasteiger charge is -2.49. The lowest BCUT2D eigenvalue weighted by molar-refractivity contribution is -0.0689. The number of hydrogen-bond donors (Lipinski definition) is 2. The van der Waals surface area contributed by atoms with Crippen molar-refractivity contribution in [1.29, 1.82) is 0 Å². The first kappa shape index (κ1) is 13.8. The van der Waals surface area contributed by atoms with Gasteiger partial charge in [-0.15, -0.1) is 0 Å². The fraction of sp³-hybridized carbons (Fsp3) is 0.462. The number of rotatable bonds is 2. The average Bonchev–Trinajstić information content (AvgIpc) is 2.31. The molecule has 1 amide bonds. The maximum absolute atomic E-state index is 12.1. The minimum absolute atomic E-state index is 0.00844. The molecule has 1 saturated carbocycles. The SMILES string of the molecule is CC1(C)C(O)CC1NC(=O)c1cc(Cl)ccc1Br. The Bertz CT molecular complexity index is 490. The highest BCUT2D eigenvalue weighted by molar-refractivity contribution is 9.10. The Hall–Kier alpha value is -0.580. The molecule has 1 aromatic rings. The van der Waals surface area contributed by atoms with Gasteiger partial charge in [0.1, 0.15) is 0 Å². The maximum atomic E-state index is 12.1.